The zero-order chi connectivity index (χ0) is 29.3. The molecule has 0 radical (unpaired) electrons. The summed E-state index contributed by atoms with van der Waals surface area (Å²) >= 11 is 0. The number of aromatic nitrogens is 1. The van der Waals surface area contributed by atoms with Crippen molar-refractivity contribution in [3.63, 3.8) is 0 Å². The largest absolute Gasteiger partial charge is 0.456 e. The van der Waals surface area contributed by atoms with Crippen molar-refractivity contribution in [3.8, 4) is 11.3 Å². The molecule has 1 aliphatic rings. The molecule has 2 aromatic heterocycles. The average molecular weight is 556 g/mol. The molecule has 1 N–H and O–H groups in total. The smallest absolute Gasteiger partial charge is 0.340 e. The van der Waals surface area contributed by atoms with Gasteiger partial charge in [-0.15, -0.1) is 0 Å². The second-order valence-corrected chi connectivity index (χ2v) is 11.5. The van der Waals surface area contributed by atoms with Crippen LogP contribution in [0.25, 0.3) is 22.3 Å². The molecule has 0 amide bonds. The summed E-state index contributed by atoms with van der Waals surface area (Å²) in [5.74, 6) is 0.942. The molecule has 214 valence electrons. The van der Waals surface area contributed by atoms with Gasteiger partial charge in [-0.1, -0.05) is 18.2 Å². The highest BCUT2D eigenvalue weighted by molar-refractivity contribution is 5.96. The van der Waals surface area contributed by atoms with Gasteiger partial charge < -0.3 is 24.1 Å². The van der Waals surface area contributed by atoms with E-state index in [-0.39, 0.29) is 11.5 Å². The number of pyridine rings is 1. The highest BCUT2D eigenvalue weighted by atomic mass is 16.6. The minimum absolute atomic E-state index is 0.0720. The monoisotopic (exact) mass is 555 g/mol. The van der Waals surface area contributed by atoms with Crippen LogP contribution in [0.1, 0.15) is 60.8 Å². The minimum Gasteiger partial charge on any atom is -0.456 e. The summed E-state index contributed by atoms with van der Waals surface area (Å²) in [6.07, 6.45) is 1.75. The van der Waals surface area contributed by atoms with Gasteiger partial charge in [-0.3, -0.25) is 4.79 Å². The summed E-state index contributed by atoms with van der Waals surface area (Å²) < 4.78 is 17.7. The van der Waals surface area contributed by atoms with Crippen LogP contribution in [0.15, 0.2) is 63.9 Å². The van der Waals surface area contributed by atoms with Gasteiger partial charge in [-0.2, -0.15) is 0 Å². The summed E-state index contributed by atoms with van der Waals surface area (Å²) in [5.41, 5.74) is 4.01. The molecule has 4 aromatic rings. The highest BCUT2D eigenvalue weighted by Gasteiger charge is 2.23. The lowest BCUT2D eigenvalue weighted by Crippen LogP contribution is -2.36. The Balaban J connectivity index is 1.56. The van der Waals surface area contributed by atoms with E-state index in [9.17, 15) is 9.59 Å². The third-order valence-corrected chi connectivity index (χ3v) is 7.12. The highest BCUT2D eigenvalue weighted by Crippen LogP contribution is 2.33. The summed E-state index contributed by atoms with van der Waals surface area (Å²) in [5, 5.41) is 3.99. The third kappa shape index (κ3) is 6.12. The van der Waals surface area contributed by atoms with E-state index in [4.69, 9.17) is 13.9 Å². The Morgan fingerprint density at radius 1 is 1.07 bits per heavy atom. The number of nitrogens with zero attached hydrogens (tertiary/aromatic N) is 2. The fourth-order valence-corrected chi connectivity index (χ4v) is 5.12. The van der Waals surface area contributed by atoms with Crippen LogP contribution in [0, 0.1) is 13.8 Å². The molecule has 8 heteroatoms. The predicted molar refractivity (Wildman–Crippen MR) is 162 cm³/mol. The fourth-order valence-electron chi connectivity index (χ4n) is 5.12. The zero-order valence-corrected chi connectivity index (χ0v) is 24.5. The van der Waals surface area contributed by atoms with E-state index in [0.717, 1.165) is 35.6 Å². The Labute approximate surface area is 240 Å². The average Bonchev–Trinajstić information content (AvgIpc) is 2.94. The van der Waals surface area contributed by atoms with E-state index in [1.165, 1.54) is 0 Å². The molecular formula is C33H37N3O5. The number of anilines is 2. The molecule has 3 heterocycles. The number of rotatable bonds is 6. The van der Waals surface area contributed by atoms with E-state index in [1.54, 1.807) is 19.2 Å². The number of fused-ring (bicyclic) bond motifs is 1. The van der Waals surface area contributed by atoms with Crippen LogP contribution >= 0.6 is 0 Å². The maximum Gasteiger partial charge on any atom is 0.340 e. The molecule has 0 aliphatic carbocycles. The normalized spacial score (nSPS) is 14.6. The Morgan fingerprint density at radius 3 is 2.54 bits per heavy atom. The van der Waals surface area contributed by atoms with Crippen molar-refractivity contribution in [2.24, 2.45) is 0 Å². The second-order valence-electron chi connectivity index (χ2n) is 11.5. The van der Waals surface area contributed by atoms with E-state index < -0.39 is 11.6 Å². The second kappa shape index (κ2) is 11.4. The number of carbonyl (C=O) groups is 1. The molecular weight excluding hydrogens is 518 g/mol. The quantitative estimate of drug-likeness (QED) is 0.272. The predicted octanol–water partition coefficient (Wildman–Crippen LogP) is 6.44. The maximum atomic E-state index is 13.7. The summed E-state index contributed by atoms with van der Waals surface area (Å²) in [7, 11) is 0. The van der Waals surface area contributed by atoms with Crippen LogP contribution in [-0.2, 0) is 9.47 Å². The number of hydrogen-bond donors (Lipinski definition) is 1. The number of hydrogen-bond acceptors (Lipinski definition) is 8. The molecule has 1 atom stereocenters. The Kier molecular flexibility index (Phi) is 7.87. The zero-order valence-electron chi connectivity index (χ0n) is 24.5. The number of aryl methyl sites for hydroxylation is 1. The third-order valence-electron chi connectivity index (χ3n) is 7.12. The lowest BCUT2D eigenvalue weighted by Gasteiger charge is -2.28. The van der Waals surface area contributed by atoms with E-state index in [2.05, 4.69) is 15.2 Å². The van der Waals surface area contributed by atoms with Crippen LogP contribution in [0.2, 0.25) is 0 Å². The fraction of sp³-hybridized carbons (Fsp3) is 0.364. The van der Waals surface area contributed by atoms with Gasteiger partial charge in [-0.05, 0) is 77.4 Å². The summed E-state index contributed by atoms with van der Waals surface area (Å²) in [6, 6.07) is 14.7. The Bertz CT molecular complexity index is 1650. The van der Waals surface area contributed by atoms with E-state index in [0.29, 0.717) is 46.8 Å². The Morgan fingerprint density at radius 2 is 1.80 bits per heavy atom. The molecule has 0 unspecified atom stereocenters. The first kappa shape index (κ1) is 28.4. The number of para-hydroxylation sites is 1. The molecule has 1 fully saturated rings. The SMILES string of the molecule is Cc1cc([C@@H](C)Nc2ccccc2C(=O)OC(C)(C)C)c2oc(-c3ccnc(N4CCOCC4)c3)c(C)c(=O)c2c1. The molecule has 1 aliphatic heterocycles. The van der Waals surface area contributed by atoms with Gasteiger partial charge >= 0.3 is 5.97 Å². The van der Waals surface area contributed by atoms with Gasteiger partial charge in [0, 0.05) is 41.7 Å². The standard InChI is InChI=1S/C33H37N3O5/c1-20-17-25(22(3)35-27-10-8-7-9-24(27)32(38)41-33(4,5)6)31-26(18-20)29(37)21(2)30(40-31)23-11-12-34-28(19-23)36-13-15-39-16-14-36/h7-12,17-19,22,35H,13-16H2,1-6H3/t22-/m1/s1. The lowest BCUT2D eigenvalue weighted by molar-refractivity contribution is 0.00706. The summed E-state index contributed by atoms with van der Waals surface area (Å²) in [4.78, 5) is 33.4. The van der Waals surface area contributed by atoms with Crippen molar-refractivity contribution < 1.29 is 18.7 Å². The van der Waals surface area contributed by atoms with Gasteiger partial charge in [0.05, 0.1) is 30.2 Å². The van der Waals surface area contributed by atoms with Gasteiger partial charge in [0.25, 0.3) is 0 Å². The molecule has 1 saturated heterocycles. The topological polar surface area (TPSA) is 93.9 Å². The van der Waals surface area contributed by atoms with Crippen LogP contribution < -0.4 is 15.6 Å². The van der Waals surface area contributed by atoms with Gasteiger partial charge in [0.2, 0.25) is 0 Å². The van der Waals surface area contributed by atoms with Gasteiger partial charge in [-0.25, -0.2) is 9.78 Å². The van der Waals surface area contributed by atoms with E-state index in [1.807, 2.05) is 77.1 Å². The van der Waals surface area contributed by atoms with E-state index >= 15 is 0 Å². The number of ether oxygens (including phenoxy) is 2. The van der Waals surface area contributed by atoms with Crippen molar-refractivity contribution in [2.75, 3.05) is 36.5 Å². The van der Waals surface area contributed by atoms with Gasteiger partial charge in [0.1, 0.15) is 22.8 Å². The molecule has 41 heavy (non-hydrogen) atoms. The molecule has 0 saturated carbocycles. The molecule has 8 nitrogen and oxygen atoms in total. The first-order valence-electron chi connectivity index (χ1n) is 14.0. The number of nitrogens with one attached hydrogen (secondary N) is 1. The van der Waals surface area contributed by atoms with Crippen molar-refractivity contribution >= 4 is 28.4 Å². The van der Waals surface area contributed by atoms with Crippen LogP contribution in [0.5, 0.6) is 0 Å². The van der Waals surface area contributed by atoms with Crippen LogP contribution in [0.3, 0.4) is 0 Å². The molecule has 2 aromatic carbocycles. The number of esters is 1. The van der Waals surface area contributed by atoms with Crippen molar-refractivity contribution in [1.82, 2.24) is 4.98 Å². The summed E-state index contributed by atoms with van der Waals surface area (Å²) in [6.45, 7) is 14.1. The maximum absolute atomic E-state index is 13.7. The first-order valence-corrected chi connectivity index (χ1v) is 14.0. The molecule has 5 rings (SSSR count). The number of morpholine rings is 1. The molecule has 0 bridgehead atoms. The van der Waals surface area contributed by atoms with Crippen molar-refractivity contribution in [2.45, 2.75) is 53.2 Å². The first-order chi connectivity index (χ1) is 19.5. The minimum atomic E-state index is -0.616. The van der Waals surface area contributed by atoms with Crippen LogP contribution in [-0.4, -0.2) is 42.9 Å². The number of benzene rings is 2. The van der Waals surface area contributed by atoms with Crippen molar-refractivity contribution in [3.05, 3.63) is 87.2 Å². The number of carbonyl (C=O) groups excluding carboxylic acids is 1. The van der Waals surface area contributed by atoms with Crippen molar-refractivity contribution in [1.29, 1.82) is 0 Å². The van der Waals surface area contributed by atoms with Gasteiger partial charge in [0.15, 0.2) is 5.43 Å². The van der Waals surface area contributed by atoms with Crippen LogP contribution in [0.4, 0.5) is 11.5 Å². The molecule has 0 spiro atoms. The lowest BCUT2D eigenvalue weighted by atomic mass is 9.98. The Hall–Kier alpha value is -4.17.